The third-order valence-electron chi connectivity index (χ3n) is 1.80. The van der Waals surface area contributed by atoms with E-state index in [-0.39, 0.29) is 5.91 Å². The number of carbonyl (C=O) groups excluding carboxylic acids is 1. The molecule has 0 unspecified atom stereocenters. The zero-order chi connectivity index (χ0) is 7.84. The van der Waals surface area contributed by atoms with Crippen LogP contribution in [0.2, 0.25) is 0 Å². The summed E-state index contributed by atoms with van der Waals surface area (Å²) in [6, 6.07) is 0. The lowest BCUT2D eigenvalue weighted by Gasteiger charge is -2.09. The topological polar surface area (TPSA) is 55.1 Å². The summed E-state index contributed by atoms with van der Waals surface area (Å²) >= 11 is 0. The largest absolute Gasteiger partial charge is 0.360 e. The second-order valence-electron chi connectivity index (χ2n) is 2.57. The number of hydrogen-bond donors (Lipinski definition) is 1. The fourth-order valence-corrected chi connectivity index (χ4v) is 1.26. The number of carbonyl (C=O) groups is 1. The maximum atomic E-state index is 11.2. The molecule has 0 saturated carbocycles. The molecule has 1 aromatic heterocycles. The Hall–Kier alpha value is -1.32. The maximum absolute atomic E-state index is 11.2. The normalized spacial score (nSPS) is 15.9. The lowest BCUT2D eigenvalue weighted by molar-refractivity contribution is 0.0942. The van der Waals surface area contributed by atoms with E-state index >= 15 is 0 Å². The van der Waals surface area contributed by atoms with Crippen LogP contribution in [0.15, 0.2) is 4.52 Å². The molecule has 1 amide bonds. The zero-order valence-electron chi connectivity index (χ0n) is 6.18. The molecule has 0 atom stereocenters. The molecule has 0 fully saturated rings. The Morgan fingerprint density at radius 1 is 1.64 bits per heavy atom. The molecule has 0 aromatic carbocycles. The average molecular weight is 152 g/mol. The van der Waals surface area contributed by atoms with Gasteiger partial charge in [-0.05, 0) is 6.92 Å². The van der Waals surface area contributed by atoms with Crippen molar-refractivity contribution >= 4 is 5.91 Å². The van der Waals surface area contributed by atoms with Gasteiger partial charge in [0.2, 0.25) is 0 Å². The van der Waals surface area contributed by atoms with E-state index in [1.165, 1.54) is 0 Å². The van der Waals surface area contributed by atoms with Gasteiger partial charge in [0.15, 0.2) is 5.76 Å². The molecule has 0 spiro atoms. The van der Waals surface area contributed by atoms with E-state index in [2.05, 4.69) is 10.5 Å². The van der Waals surface area contributed by atoms with Gasteiger partial charge in [-0.15, -0.1) is 0 Å². The molecule has 4 nitrogen and oxygen atoms in total. The highest BCUT2D eigenvalue weighted by atomic mass is 16.5. The van der Waals surface area contributed by atoms with Crippen molar-refractivity contribution in [3.63, 3.8) is 0 Å². The van der Waals surface area contributed by atoms with Crippen LogP contribution in [-0.2, 0) is 6.42 Å². The van der Waals surface area contributed by atoms with E-state index in [4.69, 9.17) is 4.52 Å². The van der Waals surface area contributed by atoms with Gasteiger partial charge in [-0.25, -0.2) is 0 Å². The number of nitrogens with zero attached hydrogens (tertiary/aromatic N) is 1. The van der Waals surface area contributed by atoms with Crippen molar-refractivity contribution in [1.82, 2.24) is 10.5 Å². The predicted octanol–water partition coefficient (Wildman–Crippen LogP) is 0.269. The Kier molecular flexibility index (Phi) is 1.21. The molecule has 1 aliphatic rings. The minimum absolute atomic E-state index is 0.0648. The molecule has 1 aliphatic heterocycles. The molecule has 4 heteroatoms. The lowest BCUT2D eigenvalue weighted by atomic mass is 10.1. The highest BCUT2D eigenvalue weighted by Gasteiger charge is 2.23. The standard InChI is InChI=1S/C7H8N2O2/c1-4-6-5(11-9-4)2-3-8-7(6)10/h2-3H2,1H3,(H,8,10). The molecule has 0 saturated heterocycles. The number of aromatic nitrogens is 1. The molecule has 0 radical (unpaired) electrons. The summed E-state index contributed by atoms with van der Waals surface area (Å²) in [7, 11) is 0. The minimum Gasteiger partial charge on any atom is -0.360 e. The van der Waals surface area contributed by atoms with Gasteiger partial charge < -0.3 is 9.84 Å². The smallest absolute Gasteiger partial charge is 0.256 e. The van der Waals surface area contributed by atoms with Gasteiger partial charge >= 0.3 is 0 Å². The van der Waals surface area contributed by atoms with Gasteiger partial charge in [-0.3, -0.25) is 4.79 Å². The number of fused-ring (bicyclic) bond motifs is 1. The summed E-state index contributed by atoms with van der Waals surface area (Å²) in [5.41, 5.74) is 1.30. The van der Waals surface area contributed by atoms with Crippen LogP contribution >= 0.6 is 0 Å². The molecule has 0 aliphatic carbocycles. The second kappa shape index (κ2) is 2.08. The van der Waals surface area contributed by atoms with Crippen LogP contribution in [0.1, 0.15) is 21.8 Å². The molecular formula is C7H8N2O2. The monoisotopic (exact) mass is 152 g/mol. The van der Waals surface area contributed by atoms with Crippen LogP contribution in [0.3, 0.4) is 0 Å². The van der Waals surface area contributed by atoms with Gasteiger partial charge in [0.25, 0.3) is 5.91 Å². The van der Waals surface area contributed by atoms with E-state index in [1.807, 2.05) is 0 Å². The van der Waals surface area contributed by atoms with Gasteiger partial charge in [-0.1, -0.05) is 5.16 Å². The summed E-state index contributed by atoms with van der Waals surface area (Å²) in [6.45, 7) is 2.42. The summed E-state index contributed by atoms with van der Waals surface area (Å²) < 4.78 is 4.95. The first-order chi connectivity index (χ1) is 5.29. The summed E-state index contributed by atoms with van der Waals surface area (Å²) in [5.74, 6) is 0.649. The van der Waals surface area contributed by atoms with Crippen LogP contribution in [0.4, 0.5) is 0 Å². The molecule has 2 rings (SSSR count). The fraction of sp³-hybridized carbons (Fsp3) is 0.429. The number of aryl methyl sites for hydroxylation is 1. The average Bonchev–Trinajstić information content (AvgIpc) is 2.34. The van der Waals surface area contributed by atoms with Crippen LogP contribution in [0, 0.1) is 6.92 Å². The van der Waals surface area contributed by atoms with Crippen molar-refractivity contribution in [3.8, 4) is 0 Å². The number of rotatable bonds is 0. The summed E-state index contributed by atoms with van der Waals surface area (Å²) in [5, 5.41) is 6.44. The van der Waals surface area contributed by atoms with Crippen LogP contribution in [0.5, 0.6) is 0 Å². The molecule has 58 valence electrons. The zero-order valence-corrected chi connectivity index (χ0v) is 6.18. The van der Waals surface area contributed by atoms with Crippen molar-refractivity contribution in [3.05, 3.63) is 17.0 Å². The maximum Gasteiger partial charge on any atom is 0.256 e. The van der Waals surface area contributed by atoms with Gasteiger partial charge in [0, 0.05) is 13.0 Å². The molecule has 2 heterocycles. The van der Waals surface area contributed by atoms with Crippen molar-refractivity contribution in [2.24, 2.45) is 0 Å². The molecule has 1 aromatic rings. The first-order valence-corrected chi connectivity index (χ1v) is 3.52. The third-order valence-corrected chi connectivity index (χ3v) is 1.80. The van der Waals surface area contributed by atoms with E-state index in [1.54, 1.807) is 6.92 Å². The van der Waals surface area contributed by atoms with Crippen molar-refractivity contribution in [2.45, 2.75) is 13.3 Å². The Labute approximate surface area is 63.6 Å². The van der Waals surface area contributed by atoms with Gasteiger partial charge in [0.1, 0.15) is 5.56 Å². The highest BCUT2D eigenvalue weighted by Crippen LogP contribution is 2.16. The van der Waals surface area contributed by atoms with Crippen LogP contribution in [0.25, 0.3) is 0 Å². The Morgan fingerprint density at radius 2 is 2.45 bits per heavy atom. The number of nitrogens with one attached hydrogen (secondary N) is 1. The van der Waals surface area contributed by atoms with E-state index in [0.29, 0.717) is 23.6 Å². The Bertz CT molecular complexity index is 303. The number of amides is 1. The summed E-state index contributed by atoms with van der Waals surface area (Å²) in [4.78, 5) is 11.2. The van der Waals surface area contributed by atoms with Crippen LogP contribution in [-0.4, -0.2) is 17.6 Å². The Morgan fingerprint density at radius 3 is 3.18 bits per heavy atom. The van der Waals surface area contributed by atoms with Crippen molar-refractivity contribution < 1.29 is 9.32 Å². The van der Waals surface area contributed by atoms with Crippen LogP contribution < -0.4 is 5.32 Å². The Balaban J connectivity index is 2.56. The molecular weight excluding hydrogens is 144 g/mol. The fourth-order valence-electron chi connectivity index (χ4n) is 1.26. The SMILES string of the molecule is Cc1noc2c1C(=O)NCC2. The first kappa shape index (κ1) is 6.39. The predicted molar refractivity (Wildman–Crippen MR) is 37.3 cm³/mol. The van der Waals surface area contributed by atoms with Crippen molar-refractivity contribution in [1.29, 1.82) is 0 Å². The third kappa shape index (κ3) is 0.824. The number of hydrogen-bond acceptors (Lipinski definition) is 3. The lowest BCUT2D eigenvalue weighted by Crippen LogP contribution is -2.31. The quantitative estimate of drug-likeness (QED) is 0.580. The van der Waals surface area contributed by atoms with Crippen molar-refractivity contribution in [2.75, 3.05) is 6.54 Å². The summed E-state index contributed by atoms with van der Waals surface area (Å²) in [6.07, 6.45) is 0.752. The molecule has 1 N–H and O–H groups in total. The van der Waals surface area contributed by atoms with E-state index in [0.717, 1.165) is 6.42 Å². The van der Waals surface area contributed by atoms with Gasteiger partial charge in [-0.2, -0.15) is 0 Å². The minimum atomic E-state index is -0.0648. The highest BCUT2D eigenvalue weighted by molar-refractivity contribution is 5.96. The molecule has 0 bridgehead atoms. The van der Waals surface area contributed by atoms with Gasteiger partial charge in [0.05, 0.1) is 5.69 Å². The molecule has 11 heavy (non-hydrogen) atoms. The second-order valence-corrected chi connectivity index (χ2v) is 2.57. The first-order valence-electron chi connectivity index (χ1n) is 3.52. The van der Waals surface area contributed by atoms with E-state index in [9.17, 15) is 4.79 Å². The van der Waals surface area contributed by atoms with E-state index < -0.39 is 0 Å².